The molecule has 1 atom stereocenters. The first kappa shape index (κ1) is 19.1. The highest BCUT2D eigenvalue weighted by Crippen LogP contribution is 2.46. The number of piperidine rings is 1. The minimum Gasteiger partial charge on any atom is -0.479 e. The van der Waals surface area contributed by atoms with E-state index in [-0.39, 0.29) is 6.09 Å². The van der Waals surface area contributed by atoms with Crippen LogP contribution in [0, 0.1) is 0 Å². The first-order chi connectivity index (χ1) is 13.2. The van der Waals surface area contributed by atoms with Crippen molar-refractivity contribution in [1.29, 1.82) is 0 Å². The highest BCUT2D eigenvalue weighted by molar-refractivity contribution is 7.84. The molecule has 1 saturated heterocycles. The molecule has 1 aromatic carbocycles. The third-order valence-electron chi connectivity index (χ3n) is 5.24. The molecule has 0 radical (unpaired) electrons. The van der Waals surface area contributed by atoms with Gasteiger partial charge in [-0.2, -0.15) is 0 Å². The fraction of sp³-hybridized carbons (Fsp3) is 0.476. The number of para-hydroxylation sites is 2. The number of amides is 1. The number of ether oxygens (including phenoxy) is 2. The van der Waals surface area contributed by atoms with Crippen LogP contribution in [-0.2, 0) is 21.1 Å². The SMILES string of the molecule is CS(=O)c1ccc2n1-c1ccccc1OC21CCN(C(=O)OC(C)(C)C)CC1. The number of rotatable bonds is 1. The topological polar surface area (TPSA) is 60.8 Å². The van der Waals surface area contributed by atoms with Gasteiger partial charge in [-0.15, -0.1) is 0 Å². The molecule has 0 N–H and O–H groups in total. The molecular weight excluding hydrogens is 376 g/mol. The zero-order valence-electron chi connectivity index (χ0n) is 16.7. The molecular formula is C21H26N2O4S. The van der Waals surface area contributed by atoms with Crippen LogP contribution in [0.5, 0.6) is 5.75 Å². The predicted octanol–water partition coefficient (Wildman–Crippen LogP) is 3.83. The highest BCUT2D eigenvalue weighted by atomic mass is 32.2. The minimum absolute atomic E-state index is 0.288. The third-order valence-corrected chi connectivity index (χ3v) is 6.15. The van der Waals surface area contributed by atoms with E-state index in [4.69, 9.17) is 9.47 Å². The van der Waals surface area contributed by atoms with Crippen molar-refractivity contribution >= 4 is 16.9 Å². The van der Waals surface area contributed by atoms with Crippen molar-refractivity contribution in [3.63, 3.8) is 0 Å². The maximum Gasteiger partial charge on any atom is 0.410 e. The number of nitrogens with zero attached hydrogens (tertiary/aromatic N) is 2. The Morgan fingerprint density at radius 2 is 1.82 bits per heavy atom. The molecule has 28 heavy (non-hydrogen) atoms. The van der Waals surface area contributed by atoms with Gasteiger partial charge in [0.25, 0.3) is 0 Å². The Labute approximate surface area is 167 Å². The first-order valence-corrected chi connectivity index (χ1v) is 11.1. The van der Waals surface area contributed by atoms with Gasteiger partial charge in [0.2, 0.25) is 0 Å². The molecule has 7 heteroatoms. The van der Waals surface area contributed by atoms with Crippen molar-refractivity contribution < 1.29 is 18.5 Å². The lowest BCUT2D eigenvalue weighted by atomic mass is 9.86. The smallest absolute Gasteiger partial charge is 0.410 e. The second-order valence-corrected chi connectivity index (χ2v) is 9.70. The molecule has 2 aliphatic rings. The summed E-state index contributed by atoms with van der Waals surface area (Å²) in [4.78, 5) is 14.2. The quantitative estimate of drug-likeness (QED) is 0.727. The summed E-state index contributed by atoms with van der Waals surface area (Å²) in [6.07, 6.45) is 2.71. The fourth-order valence-corrected chi connectivity index (χ4v) is 4.69. The van der Waals surface area contributed by atoms with Crippen molar-refractivity contribution in [3.05, 3.63) is 42.1 Å². The summed E-state index contributed by atoms with van der Waals surface area (Å²) in [5, 5.41) is 0.764. The Morgan fingerprint density at radius 3 is 2.46 bits per heavy atom. The average Bonchev–Trinajstić information content (AvgIpc) is 3.08. The molecule has 1 unspecified atom stereocenters. The molecule has 0 aliphatic carbocycles. The van der Waals surface area contributed by atoms with Crippen LogP contribution in [0.4, 0.5) is 4.79 Å². The van der Waals surface area contributed by atoms with Gasteiger partial charge in [0, 0.05) is 32.2 Å². The van der Waals surface area contributed by atoms with Gasteiger partial charge < -0.3 is 14.4 Å². The number of hydrogen-bond acceptors (Lipinski definition) is 4. The van der Waals surface area contributed by atoms with Crippen molar-refractivity contribution in [2.75, 3.05) is 19.3 Å². The van der Waals surface area contributed by atoms with Crippen LogP contribution < -0.4 is 4.74 Å². The van der Waals surface area contributed by atoms with Crippen LogP contribution in [0.25, 0.3) is 5.69 Å². The van der Waals surface area contributed by atoms with Gasteiger partial charge in [-0.25, -0.2) is 4.79 Å². The van der Waals surface area contributed by atoms with Crippen LogP contribution in [0.2, 0.25) is 0 Å². The minimum atomic E-state index is -1.12. The van der Waals surface area contributed by atoms with E-state index in [0.29, 0.717) is 25.9 Å². The molecule has 2 aliphatic heterocycles. The van der Waals surface area contributed by atoms with Crippen LogP contribution >= 0.6 is 0 Å². The zero-order valence-corrected chi connectivity index (χ0v) is 17.5. The average molecular weight is 403 g/mol. The maximum atomic E-state index is 12.4. The molecule has 150 valence electrons. The lowest BCUT2D eigenvalue weighted by Gasteiger charge is -2.45. The molecule has 0 bridgehead atoms. The second kappa shape index (κ2) is 6.65. The number of benzene rings is 1. The molecule has 1 spiro atoms. The van der Waals surface area contributed by atoms with E-state index in [1.165, 1.54) is 0 Å². The Balaban J connectivity index is 1.66. The van der Waals surface area contributed by atoms with E-state index in [0.717, 1.165) is 22.2 Å². The second-order valence-electron chi connectivity index (χ2n) is 8.38. The number of hydrogen-bond donors (Lipinski definition) is 0. The molecule has 3 heterocycles. The van der Waals surface area contributed by atoms with Gasteiger partial charge in [-0.3, -0.25) is 8.78 Å². The zero-order chi connectivity index (χ0) is 20.1. The monoisotopic (exact) mass is 402 g/mol. The molecule has 1 amide bonds. The Morgan fingerprint density at radius 1 is 1.14 bits per heavy atom. The first-order valence-electron chi connectivity index (χ1n) is 9.52. The van der Waals surface area contributed by atoms with E-state index < -0.39 is 22.0 Å². The van der Waals surface area contributed by atoms with Gasteiger partial charge in [0.15, 0.2) is 5.60 Å². The lowest BCUT2D eigenvalue weighted by Crippen LogP contribution is -2.50. The fourth-order valence-electron chi connectivity index (χ4n) is 3.97. The maximum absolute atomic E-state index is 12.4. The third kappa shape index (κ3) is 3.21. The summed E-state index contributed by atoms with van der Waals surface area (Å²) < 4.78 is 26.4. The van der Waals surface area contributed by atoms with E-state index in [9.17, 15) is 9.00 Å². The summed E-state index contributed by atoms with van der Waals surface area (Å²) in [5.74, 6) is 0.781. The van der Waals surface area contributed by atoms with Crippen LogP contribution in [0.3, 0.4) is 0 Å². The van der Waals surface area contributed by atoms with Crippen molar-refractivity contribution in [2.24, 2.45) is 0 Å². The Hall–Kier alpha value is -2.28. The highest BCUT2D eigenvalue weighted by Gasteiger charge is 2.46. The number of likely N-dealkylation sites (tertiary alicyclic amines) is 1. The van der Waals surface area contributed by atoms with Crippen molar-refractivity contribution in [3.8, 4) is 11.4 Å². The van der Waals surface area contributed by atoms with Gasteiger partial charge in [-0.1, -0.05) is 12.1 Å². The predicted molar refractivity (Wildman–Crippen MR) is 107 cm³/mol. The summed E-state index contributed by atoms with van der Waals surface area (Å²) in [6, 6.07) is 11.8. The Kier molecular flexibility index (Phi) is 4.53. The largest absolute Gasteiger partial charge is 0.479 e. The molecule has 1 fully saturated rings. The van der Waals surface area contributed by atoms with E-state index in [1.54, 1.807) is 11.2 Å². The Bertz CT molecular complexity index is 936. The molecule has 0 saturated carbocycles. The van der Waals surface area contributed by atoms with Crippen LogP contribution in [0.15, 0.2) is 41.4 Å². The number of aromatic nitrogens is 1. The molecule has 2 aromatic rings. The number of carbonyl (C=O) groups excluding carboxylic acids is 1. The van der Waals surface area contributed by atoms with Gasteiger partial charge in [-0.05, 0) is 45.0 Å². The van der Waals surface area contributed by atoms with Crippen LogP contribution in [-0.4, -0.2) is 44.7 Å². The van der Waals surface area contributed by atoms with Crippen molar-refractivity contribution in [2.45, 2.75) is 49.8 Å². The standard InChI is InChI=1S/C21H26N2O4S/c1-20(2,3)27-19(24)22-13-11-21(12-14-22)17-9-10-18(28(4)25)23(17)15-7-5-6-8-16(15)26-21/h5-10H,11-14H2,1-4H3. The number of carbonyl (C=O) groups is 1. The van der Waals surface area contributed by atoms with E-state index in [2.05, 4.69) is 4.57 Å². The molecule has 6 nitrogen and oxygen atoms in total. The lowest BCUT2D eigenvalue weighted by molar-refractivity contribution is -0.0272. The van der Waals surface area contributed by atoms with E-state index in [1.807, 2.05) is 57.2 Å². The van der Waals surface area contributed by atoms with Gasteiger partial charge in [0.05, 0.1) is 22.2 Å². The summed E-state index contributed by atoms with van der Waals surface area (Å²) in [6.45, 7) is 6.71. The number of fused-ring (bicyclic) bond motifs is 4. The summed E-state index contributed by atoms with van der Waals surface area (Å²) in [5.41, 5.74) is 0.860. The summed E-state index contributed by atoms with van der Waals surface area (Å²) >= 11 is 0. The van der Waals surface area contributed by atoms with Crippen molar-refractivity contribution in [1.82, 2.24) is 9.47 Å². The molecule has 4 rings (SSSR count). The van der Waals surface area contributed by atoms with Gasteiger partial charge in [0.1, 0.15) is 16.4 Å². The van der Waals surface area contributed by atoms with Gasteiger partial charge >= 0.3 is 6.09 Å². The van der Waals surface area contributed by atoms with E-state index >= 15 is 0 Å². The van der Waals surface area contributed by atoms with Crippen LogP contribution in [0.1, 0.15) is 39.3 Å². The summed E-state index contributed by atoms with van der Waals surface area (Å²) in [7, 11) is -1.12. The molecule has 1 aromatic heterocycles. The normalized spacial score (nSPS) is 18.8.